The zero-order valence-electron chi connectivity index (χ0n) is 10.1. The van der Waals surface area contributed by atoms with Crippen LogP contribution in [0.4, 0.5) is 0 Å². The van der Waals surface area contributed by atoms with Crippen LogP contribution in [0.1, 0.15) is 39.5 Å². The first-order chi connectivity index (χ1) is 7.65. The summed E-state index contributed by atoms with van der Waals surface area (Å²) in [6.45, 7) is 4.51. The van der Waals surface area contributed by atoms with E-state index in [1.807, 2.05) is 30.4 Å². The minimum absolute atomic E-state index is 0.0246. The molecule has 0 aromatic heterocycles. The van der Waals surface area contributed by atoms with Gasteiger partial charge in [0.2, 0.25) is 0 Å². The highest BCUT2D eigenvalue weighted by atomic mass is 32.2. The molecule has 0 aromatic carbocycles. The monoisotopic (exact) mass is 260 g/mol. The van der Waals surface area contributed by atoms with Gasteiger partial charge in [-0.2, -0.15) is 0 Å². The lowest BCUT2D eigenvalue weighted by atomic mass is 9.74. The minimum Gasteiger partial charge on any atom is -0.466 e. The second-order valence-electron chi connectivity index (χ2n) is 4.71. The minimum atomic E-state index is -0.271. The van der Waals surface area contributed by atoms with Crippen molar-refractivity contribution in [3.8, 4) is 0 Å². The lowest BCUT2D eigenvalue weighted by Crippen LogP contribution is -2.48. The van der Waals surface area contributed by atoms with Crippen molar-refractivity contribution in [1.82, 2.24) is 0 Å². The summed E-state index contributed by atoms with van der Waals surface area (Å²) in [5.74, 6) is 2.39. The van der Waals surface area contributed by atoms with Crippen molar-refractivity contribution < 1.29 is 9.53 Å². The molecule has 1 atom stereocenters. The molecule has 1 aliphatic carbocycles. The van der Waals surface area contributed by atoms with Gasteiger partial charge in [-0.05, 0) is 26.7 Å². The maximum atomic E-state index is 12.2. The Kier molecular flexibility index (Phi) is 3.79. The molecular formula is C12H20O2S2. The Hall–Kier alpha value is 0.170. The number of esters is 1. The van der Waals surface area contributed by atoms with Gasteiger partial charge in [0.05, 0.1) is 16.1 Å². The van der Waals surface area contributed by atoms with Crippen molar-refractivity contribution in [1.29, 1.82) is 0 Å². The topological polar surface area (TPSA) is 26.3 Å². The van der Waals surface area contributed by atoms with E-state index in [-0.39, 0.29) is 15.5 Å². The quantitative estimate of drug-likeness (QED) is 0.712. The first kappa shape index (κ1) is 12.6. The summed E-state index contributed by atoms with van der Waals surface area (Å²) in [4.78, 5) is 12.2. The van der Waals surface area contributed by atoms with E-state index in [1.54, 1.807) is 0 Å². The number of ether oxygens (including phenoxy) is 1. The van der Waals surface area contributed by atoms with Crippen LogP contribution in [-0.4, -0.2) is 28.2 Å². The van der Waals surface area contributed by atoms with Gasteiger partial charge in [-0.25, -0.2) is 0 Å². The Bertz CT molecular complexity index is 274. The Morgan fingerprint density at radius 3 is 2.50 bits per heavy atom. The predicted octanol–water partition coefficient (Wildman–Crippen LogP) is 3.31. The summed E-state index contributed by atoms with van der Waals surface area (Å²) in [5, 5.41) is 0. The molecule has 0 radical (unpaired) electrons. The van der Waals surface area contributed by atoms with E-state index in [0.717, 1.165) is 19.3 Å². The Morgan fingerprint density at radius 2 is 1.88 bits per heavy atom. The first-order valence-electron chi connectivity index (χ1n) is 6.10. The van der Waals surface area contributed by atoms with Gasteiger partial charge in [-0.3, -0.25) is 4.79 Å². The van der Waals surface area contributed by atoms with Gasteiger partial charge in [0.25, 0.3) is 0 Å². The number of hydrogen-bond acceptors (Lipinski definition) is 4. The Labute approximate surface area is 106 Å². The van der Waals surface area contributed by atoms with Gasteiger partial charge < -0.3 is 4.74 Å². The number of thioether (sulfide) groups is 2. The number of carbonyl (C=O) groups excluding carboxylic acids is 1. The van der Waals surface area contributed by atoms with Gasteiger partial charge in [-0.15, -0.1) is 23.5 Å². The van der Waals surface area contributed by atoms with E-state index in [1.165, 1.54) is 17.9 Å². The molecule has 1 saturated carbocycles. The zero-order chi connectivity index (χ0) is 11.6. The van der Waals surface area contributed by atoms with Crippen LogP contribution in [0.5, 0.6) is 0 Å². The third-order valence-electron chi connectivity index (χ3n) is 3.75. The molecule has 16 heavy (non-hydrogen) atoms. The number of hydrogen-bond donors (Lipinski definition) is 0. The van der Waals surface area contributed by atoms with Crippen LogP contribution in [0.15, 0.2) is 0 Å². The fourth-order valence-electron chi connectivity index (χ4n) is 2.77. The van der Waals surface area contributed by atoms with Crippen LogP contribution in [0.25, 0.3) is 0 Å². The van der Waals surface area contributed by atoms with E-state index >= 15 is 0 Å². The molecule has 2 aliphatic rings. The standard InChI is InChI=1S/C12H20O2S2/c1-3-14-10(13)11(2)6-4-5-7-12(11)15-8-9-16-12/h3-9H2,1-2H3. The van der Waals surface area contributed by atoms with Crippen LogP contribution in [0.3, 0.4) is 0 Å². The van der Waals surface area contributed by atoms with Crippen LogP contribution in [0, 0.1) is 5.41 Å². The maximum Gasteiger partial charge on any atom is 0.314 e. The lowest BCUT2D eigenvalue weighted by Gasteiger charge is -2.46. The molecule has 1 unspecified atom stereocenters. The fraction of sp³-hybridized carbons (Fsp3) is 0.917. The van der Waals surface area contributed by atoms with Crippen molar-refractivity contribution in [2.45, 2.75) is 43.6 Å². The Morgan fingerprint density at radius 1 is 1.25 bits per heavy atom. The average molecular weight is 260 g/mol. The SMILES string of the molecule is CCOC(=O)C1(C)CCCCC12SCCS2. The molecule has 1 aliphatic heterocycles. The summed E-state index contributed by atoms with van der Waals surface area (Å²) in [6, 6.07) is 0. The molecule has 4 heteroatoms. The molecule has 0 N–H and O–H groups in total. The molecule has 2 fully saturated rings. The third kappa shape index (κ3) is 1.88. The van der Waals surface area contributed by atoms with Gasteiger partial charge in [0, 0.05) is 11.5 Å². The molecule has 92 valence electrons. The zero-order valence-corrected chi connectivity index (χ0v) is 11.7. The van der Waals surface area contributed by atoms with Gasteiger partial charge in [0.15, 0.2) is 0 Å². The molecule has 1 spiro atoms. The lowest BCUT2D eigenvalue weighted by molar-refractivity contribution is -0.156. The summed E-state index contributed by atoms with van der Waals surface area (Å²) in [5.41, 5.74) is -0.271. The van der Waals surface area contributed by atoms with Crippen molar-refractivity contribution in [3.05, 3.63) is 0 Å². The second kappa shape index (κ2) is 4.81. The highest BCUT2D eigenvalue weighted by Gasteiger charge is 2.57. The van der Waals surface area contributed by atoms with Gasteiger partial charge in [0.1, 0.15) is 0 Å². The van der Waals surface area contributed by atoms with Crippen LogP contribution in [0.2, 0.25) is 0 Å². The summed E-state index contributed by atoms with van der Waals surface area (Å²) in [7, 11) is 0. The van der Waals surface area contributed by atoms with Crippen LogP contribution in [-0.2, 0) is 9.53 Å². The van der Waals surface area contributed by atoms with Crippen LogP contribution >= 0.6 is 23.5 Å². The highest BCUT2D eigenvalue weighted by molar-refractivity contribution is 8.21. The van der Waals surface area contributed by atoms with Crippen LogP contribution < -0.4 is 0 Å². The normalized spacial score (nSPS) is 32.9. The third-order valence-corrected chi connectivity index (χ3v) is 7.78. The molecule has 0 amide bonds. The smallest absolute Gasteiger partial charge is 0.314 e. The van der Waals surface area contributed by atoms with Crippen molar-refractivity contribution in [2.24, 2.45) is 5.41 Å². The molecule has 1 saturated heterocycles. The fourth-order valence-corrected chi connectivity index (χ4v) is 6.51. The van der Waals surface area contributed by atoms with Gasteiger partial charge in [-0.1, -0.05) is 12.8 Å². The Balaban J connectivity index is 2.23. The molecular weight excluding hydrogens is 240 g/mol. The van der Waals surface area contributed by atoms with E-state index in [9.17, 15) is 4.79 Å². The number of rotatable bonds is 2. The summed E-state index contributed by atoms with van der Waals surface area (Å²) < 4.78 is 5.41. The van der Waals surface area contributed by atoms with Gasteiger partial charge >= 0.3 is 5.97 Å². The van der Waals surface area contributed by atoms with E-state index in [0.29, 0.717) is 6.61 Å². The summed E-state index contributed by atoms with van der Waals surface area (Å²) in [6.07, 6.45) is 4.58. The predicted molar refractivity (Wildman–Crippen MR) is 70.9 cm³/mol. The van der Waals surface area contributed by atoms with Crippen molar-refractivity contribution in [3.63, 3.8) is 0 Å². The van der Waals surface area contributed by atoms with E-state index in [2.05, 4.69) is 6.92 Å². The van der Waals surface area contributed by atoms with E-state index < -0.39 is 0 Å². The van der Waals surface area contributed by atoms with Crippen molar-refractivity contribution in [2.75, 3.05) is 18.1 Å². The summed E-state index contributed by atoms with van der Waals surface area (Å²) >= 11 is 3.98. The number of carbonyl (C=O) groups is 1. The molecule has 0 aromatic rings. The molecule has 1 heterocycles. The van der Waals surface area contributed by atoms with Crippen molar-refractivity contribution >= 4 is 29.5 Å². The maximum absolute atomic E-state index is 12.2. The molecule has 2 nitrogen and oxygen atoms in total. The molecule has 2 rings (SSSR count). The first-order valence-corrected chi connectivity index (χ1v) is 8.07. The second-order valence-corrected chi connectivity index (χ2v) is 7.76. The van der Waals surface area contributed by atoms with E-state index in [4.69, 9.17) is 4.74 Å². The largest absolute Gasteiger partial charge is 0.466 e. The molecule has 0 bridgehead atoms. The highest BCUT2D eigenvalue weighted by Crippen LogP contribution is 2.62. The average Bonchev–Trinajstić information content (AvgIpc) is 2.73.